The second-order valence-corrected chi connectivity index (χ2v) is 6.28. The van der Waals surface area contributed by atoms with Crippen molar-refractivity contribution in [3.8, 4) is 17.2 Å². The van der Waals surface area contributed by atoms with Crippen LogP contribution in [0.3, 0.4) is 0 Å². The smallest absolute Gasteiger partial charge is 0.476 e. The Morgan fingerprint density at radius 2 is 1.68 bits per heavy atom. The summed E-state index contributed by atoms with van der Waals surface area (Å²) in [6.07, 6.45) is -3.72. The molecule has 0 atom stereocenters. The van der Waals surface area contributed by atoms with Gasteiger partial charge in [-0.05, 0) is 38.1 Å². The molecule has 2 aromatic carbocycles. The van der Waals surface area contributed by atoms with E-state index in [1.165, 1.54) is 23.1 Å². The van der Waals surface area contributed by atoms with Crippen LogP contribution in [0.1, 0.15) is 13.8 Å². The van der Waals surface area contributed by atoms with Crippen molar-refractivity contribution in [2.45, 2.75) is 25.7 Å². The fraction of sp³-hybridized carbons (Fsp3) is 0.235. The van der Waals surface area contributed by atoms with E-state index in [4.69, 9.17) is 10.5 Å². The van der Waals surface area contributed by atoms with Gasteiger partial charge in [-0.1, -0.05) is 0 Å². The Bertz CT molecular complexity index is 898. The van der Waals surface area contributed by atoms with Gasteiger partial charge in [0.25, 0.3) is 5.91 Å². The van der Waals surface area contributed by atoms with Crippen molar-refractivity contribution in [1.82, 2.24) is 0 Å². The van der Waals surface area contributed by atoms with Crippen molar-refractivity contribution in [3.63, 3.8) is 0 Å². The first kappa shape index (κ1) is 15.5. The van der Waals surface area contributed by atoms with Gasteiger partial charge in [0.2, 0.25) is 0 Å². The fourth-order valence-electron chi connectivity index (χ4n) is 2.83. The van der Waals surface area contributed by atoms with Crippen molar-refractivity contribution >= 4 is 23.0 Å². The normalized spacial score (nSPS) is 19.4. The van der Waals surface area contributed by atoms with E-state index < -0.39 is 11.9 Å². The summed E-state index contributed by atoms with van der Waals surface area (Å²) in [4.78, 5) is 14.3. The average molecular weight is 348 g/mol. The van der Waals surface area contributed by atoms with Gasteiger partial charge in [0.05, 0.1) is 11.4 Å². The number of carbonyl (C=O) groups excluding carboxylic acids is 1. The van der Waals surface area contributed by atoms with Gasteiger partial charge >= 0.3 is 6.29 Å². The summed E-state index contributed by atoms with van der Waals surface area (Å²) in [5.74, 6) is -0.161. The molecule has 0 spiro atoms. The number of nitrogens with zero attached hydrogens (tertiary/aromatic N) is 1. The van der Waals surface area contributed by atoms with Crippen LogP contribution < -0.4 is 24.8 Å². The van der Waals surface area contributed by atoms with Crippen LogP contribution in [0.15, 0.2) is 36.4 Å². The lowest BCUT2D eigenvalue weighted by atomic mass is 10.0. The van der Waals surface area contributed by atoms with Crippen LogP contribution in [0.4, 0.5) is 25.8 Å². The molecule has 130 valence electrons. The molecule has 0 aromatic heterocycles. The number of amides is 1. The highest BCUT2D eigenvalue weighted by Crippen LogP contribution is 2.47. The van der Waals surface area contributed by atoms with Gasteiger partial charge in [0, 0.05) is 17.8 Å². The summed E-state index contributed by atoms with van der Waals surface area (Å²) < 4.78 is 41.1. The van der Waals surface area contributed by atoms with Crippen LogP contribution in [0.2, 0.25) is 0 Å². The van der Waals surface area contributed by atoms with E-state index in [-0.39, 0.29) is 17.4 Å². The Balaban J connectivity index is 1.84. The molecule has 0 aliphatic carbocycles. The molecule has 8 heteroatoms. The number of ether oxygens (including phenoxy) is 3. The number of nitrogens with two attached hydrogens (primary N) is 1. The topological polar surface area (TPSA) is 74.0 Å². The second kappa shape index (κ2) is 4.75. The zero-order chi connectivity index (χ0) is 18.0. The predicted octanol–water partition coefficient (Wildman–Crippen LogP) is 3.43. The molecule has 2 aliphatic rings. The number of nitrogen functional groups attached to an aromatic ring is 1. The van der Waals surface area contributed by atoms with Crippen molar-refractivity contribution in [2.75, 3.05) is 10.6 Å². The first-order chi connectivity index (χ1) is 11.7. The first-order valence-electron chi connectivity index (χ1n) is 7.49. The maximum atomic E-state index is 13.2. The third kappa shape index (κ3) is 2.41. The van der Waals surface area contributed by atoms with Crippen LogP contribution in [0.5, 0.6) is 17.2 Å². The molecular weight excluding hydrogens is 334 g/mol. The monoisotopic (exact) mass is 348 g/mol. The first-order valence-corrected chi connectivity index (χ1v) is 7.49. The van der Waals surface area contributed by atoms with E-state index in [1.54, 1.807) is 32.0 Å². The molecule has 6 nitrogen and oxygen atoms in total. The number of hydrogen-bond acceptors (Lipinski definition) is 5. The SMILES string of the molecule is CC1(C)Oc2cc(N)ccc2N(c2ccc3c(c2)OC(F)(F)O3)C1=O. The zero-order valence-electron chi connectivity index (χ0n) is 13.4. The number of halogens is 2. The molecule has 25 heavy (non-hydrogen) atoms. The predicted molar refractivity (Wildman–Crippen MR) is 85.4 cm³/mol. The molecule has 0 unspecified atom stereocenters. The van der Waals surface area contributed by atoms with Crippen molar-refractivity contribution < 1.29 is 27.8 Å². The number of rotatable bonds is 1. The van der Waals surface area contributed by atoms with Crippen LogP contribution in [0.25, 0.3) is 0 Å². The molecule has 4 rings (SSSR count). The molecule has 0 fully saturated rings. The molecular formula is C17H14F2N2O4. The lowest BCUT2D eigenvalue weighted by Gasteiger charge is -2.38. The van der Waals surface area contributed by atoms with Crippen LogP contribution in [-0.4, -0.2) is 17.8 Å². The lowest BCUT2D eigenvalue weighted by molar-refractivity contribution is -0.286. The largest absolute Gasteiger partial charge is 0.586 e. The van der Waals surface area contributed by atoms with E-state index in [1.807, 2.05) is 0 Å². The second-order valence-electron chi connectivity index (χ2n) is 6.28. The van der Waals surface area contributed by atoms with Gasteiger partial charge < -0.3 is 19.9 Å². The van der Waals surface area contributed by atoms with Gasteiger partial charge in [0.15, 0.2) is 17.1 Å². The molecule has 0 saturated heterocycles. The van der Waals surface area contributed by atoms with Gasteiger partial charge in [-0.15, -0.1) is 8.78 Å². The molecule has 2 aromatic rings. The third-order valence-corrected chi connectivity index (χ3v) is 3.95. The fourth-order valence-corrected chi connectivity index (χ4v) is 2.83. The Morgan fingerprint density at radius 1 is 0.960 bits per heavy atom. The molecule has 0 saturated carbocycles. The van der Waals surface area contributed by atoms with Crippen LogP contribution >= 0.6 is 0 Å². The number of benzene rings is 2. The van der Waals surface area contributed by atoms with Crippen molar-refractivity contribution in [3.05, 3.63) is 36.4 Å². The maximum Gasteiger partial charge on any atom is 0.586 e. The average Bonchev–Trinajstić information content (AvgIpc) is 2.81. The minimum absolute atomic E-state index is 0.0914. The molecule has 2 aliphatic heterocycles. The Kier molecular flexibility index (Phi) is 2.94. The Morgan fingerprint density at radius 3 is 2.44 bits per heavy atom. The molecule has 0 bridgehead atoms. The van der Waals surface area contributed by atoms with E-state index in [2.05, 4.69) is 9.47 Å². The standard InChI is InChI=1S/C17H14F2N2O4/c1-16(2)15(22)21(11-5-3-9(20)7-13(11)23-16)10-4-6-12-14(8-10)25-17(18,19)24-12/h3-8H,20H2,1-2H3. The summed E-state index contributed by atoms with van der Waals surface area (Å²) in [6.45, 7) is 3.24. The van der Waals surface area contributed by atoms with Crippen molar-refractivity contribution in [1.29, 1.82) is 0 Å². The highest BCUT2D eigenvalue weighted by molar-refractivity contribution is 6.08. The number of alkyl halides is 2. The Hall–Kier alpha value is -3.03. The molecule has 1 amide bonds. The summed E-state index contributed by atoms with van der Waals surface area (Å²) in [6, 6.07) is 9.04. The minimum Gasteiger partial charge on any atom is -0.476 e. The van der Waals surface area contributed by atoms with E-state index in [0.717, 1.165) is 0 Å². The lowest BCUT2D eigenvalue weighted by Crippen LogP contribution is -2.50. The van der Waals surface area contributed by atoms with E-state index in [0.29, 0.717) is 22.8 Å². The number of carbonyl (C=O) groups is 1. The maximum absolute atomic E-state index is 13.2. The molecule has 2 N–H and O–H groups in total. The zero-order valence-corrected chi connectivity index (χ0v) is 13.4. The third-order valence-electron chi connectivity index (χ3n) is 3.95. The number of hydrogen-bond donors (Lipinski definition) is 1. The van der Waals surface area contributed by atoms with E-state index in [9.17, 15) is 13.6 Å². The van der Waals surface area contributed by atoms with Crippen LogP contribution in [0, 0.1) is 0 Å². The summed E-state index contributed by atoms with van der Waals surface area (Å²) in [7, 11) is 0. The van der Waals surface area contributed by atoms with Crippen molar-refractivity contribution in [2.24, 2.45) is 0 Å². The minimum atomic E-state index is -3.72. The molecule has 2 heterocycles. The van der Waals surface area contributed by atoms with Gasteiger partial charge in [0.1, 0.15) is 5.75 Å². The Labute approximate surface area is 141 Å². The molecule has 0 radical (unpaired) electrons. The summed E-state index contributed by atoms with van der Waals surface area (Å²) in [5.41, 5.74) is 5.93. The van der Waals surface area contributed by atoms with Gasteiger partial charge in [-0.25, -0.2) is 0 Å². The number of fused-ring (bicyclic) bond motifs is 2. The van der Waals surface area contributed by atoms with E-state index >= 15 is 0 Å². The summed E-state index contributed by atoms with van der Waals surface area (Å²) >= 11 is 0. The van der Waals surface area contributed by atoms with Crippen LogP contribution in [-0.2, 0) is 4.79 Å². The van der Waals surface area contributed by atoms with Gasteiger partial charge in [-0.3, -0.25) is 9.69 Å². The summed E-state index contributed by atoms with van der Waals surface area (Å²) in [5, 5.41) is 0. The van der Waals surface area contributed by atoms with Gasteiger partial charge in [-0.2, -0.15) is 0 Å². The highest BCUT2D eigenvalue weighted by Gasteiger charge is 2.45. The quantitative estimate of drug-likeness (QED) is 0.800. The number of anilines is 3. The highest BCUT2D eigenvalue weighted by atomic mass is 19.3.